The molecule has 0 aliphatic heterocycles. The summed E-state index contributed by atoms with van der Waals surface area (Å²) in [5.41, 5.74) is 0.573. The lowest BCUT2D eigenvalue weighted by molar-refractivity contribution is -0.135. The monoisotopic (exact) mass is 321 g/mol. The van der Waals surface area contributed by atoms with Crippen molar-refractivity contribution < 1.29 is 21.6 Å². The Morgan fingerprint density at radius 1 is 1.44 bits per heavy atom. The first-order chi connectivity index (χ1) is 8.20. The fourth-order valence-corrected chi connectivity index (χ4v) is 4.29. The maximum absolute atomic E-state index is 12.3. The Bertz CT molecular complexity index is 498. The molecule has 0 fully saturated rings. The highest BCUT2D eigenvalue weighted by molar-refractivity contribution is 7.91. The highest BCUT2D eigenvalue weighted by Gasteiger charge is 2.36. The number of rotatable bonds is 5. The number of sulfonamides is 1. The Hall–Kier alpha value is -0.310. The second-order valence-electron chi connectivity index (χ2n) is 3.45. The van der Waals surface area contributed by atoms with Crippen molar-refractivity contribution in [3.63, 3.8) is 0 Å². The van der Waals surface area contributed by atoms with E-state index in [2.05, 4.69) is 0 Å². The van der Waals surface area contributed by atoms with Gasteiger partial charge < -0.3 is 0 Å². The second-order valence-corrected chi connectivity index (χ2v) is 6.80. The predicted octanol–water partition coefficient (Wildman–Crippen LogP) is 3.06. The molecular weight excluding hydrogens is 311 g/mol. The molecule has 1 aromatic heterocycles. The SMILES string of the molecule is CCN(CC(F)(F)F)S(=O)(=O)c1cc(CCl)cs1. The van der Waals surface area contributed by atoms with E-state index in [1.54, 1.807) is 0 Å². The number of alkyl halides is 4. The minimum atomic E-state index is -4.56. The normalized spacial score (nSPS) is 13.2. The molecule has 9 heteroatoms. The fourth-order valence-electron chi connectivity index (χ4n) is 1.25. The van der Waals surface area contributed by atoms with E-state index in [0.717, 1.165) is 11.3 Å². The summed E-state index contributed by atoms with van der Waals surface area (Å²) < 4.78 is 61.1. The number of halogens is 4. The molecule has 0 aromatic carbocycles. The van der Waals surface area contributed by atoms with Gasteiger partial charge in [-0.3, -0.25) is 0 Å². The van der Waals surface area contributed by atoms with Gasteiger partial charge in [-0.15, -0.1) is 22.9 Å². The lowest BCUT2D eigenvalue weighted by Crippen LogP contribution is -2.38. The van der Waals surface area contributed by atoms with Crippen molar-refractivity contribution in [1.29, 1.82) is 0 Å². The third kappa shape index (κ3) is 3.84. The second kappa shape index (κ2) is 5.77. The van der Waals surface area contributed by atoms with Crippen molar-refractivity contribution in [3.05, 3.63) is 17.0 Å². The van der Waals surface area contributed by atoms with Crippen LogP contribution in [0.1, 0.15) is 12.5 Å². The van der Waals surface area contributed by atoms with Gasteiger partial charge in [0.15, 0.2) is 0 Å². The Morgan fingerprint density at radius 2 is 2.06 bits per heavy atom. The molecule has 0 unspecified atom stereocenters. The lowest BCUT2D eigenvalue weighted by atomic mass is 10.4. The van der Waals surface area contributed by atoms with Gasteiger partial charge in [-0.2, -0.15) is 17.5 Å². The molecule has 104 valence electrons. The molecule has 0 saturated carbocycles. The minimum absolute atomic E-state index is 0.121. The molecule has 1 aromatic rings. The number of hydrogen-bond acceptors (Lipinski definition) is 3. The quantitative estimate of drug-likeness (QED) is 0.782. The van der Waals surface area contributed by atoms with Crippen molar-refractivity contribution >= 4 is 33.0 Å². The molecule has 1 rings (SSSR count). The fraction of sp³-hybridized carbons (Fsp3) is 0.556. The standard InChI is InChI=1S/C9H11ClF3NO2S2/c1-2-14(6-9(11,12)13)18(15,16)8-3-7(4-10)5-17-8/h3,5H,2,4,6H2,1H3. The van der Waals surface area contributed by atoms with Gasteiger partial charge in [0, 0.05) is 12.4 Å². The van der Waals surface area contributed by atoms with E-state index in [9.17, 15) is 21.6 Å². The van der Waals surface area contributed by atoms with Gasteiger partial charge >= 0.3 is 6.18 Å². The Morgan fingerprint density at radius 3 is 2.44 bits per heavy atom. The van der Waals surface area contributed by atoms with Crippen LogP contribution in [0.2, 0.25) is 0 Å². The van der Waals surface area contributed by atoms with Crippen LogP contribution in [0, 0.1) is 0 Å². The Labute approximate surface area is 112 Å². The largest absolute Gasteiger partial charge is 0.402 e. The molecule has 0 N–H and O–H groups in total. The zero-order valence-corrected chi connectivity index (χ0v) is 11.8. The van der Waals surface area contributed by atoms with Crippen molar-refractivity contribution in [1.82, 2.24) is 4.31 Å². The lowest BCUT2D eigenvalue weighted by Gasteiger charge is -2.20. The summed E-state index contributed by atoms with van der Waals surface area (Å²) in [5.74, 6) is 0.122. The average Bonchev–Trinajstić information content (AvgIpc) is 2.73. The van der Waals surface area contributed by atoms with Crippen LogP contribution in [-0.2, 0) is 15.9 Å². The van der Waals surface area contributed by atoms with E-state index in [1.165, 1.54) is 18.4 Å². The van der Waals surface area contributed by atoms with Crippen molar-refractivity contribution in [2.45, 2.75) is 23.2 Å². The molecule has 1 heterocycles. The van der Waals surface area contributed by atoms with E-state index in [0.29, 0.717) is 9.87 Å². The third-order valence-electron chi connectivity index (χ3n) is 2.09. The summed E-state index contributed by atoms with van der Waals surface area (Å²) in [6.07, 6.45) is -4.56. The van der Waals surface area contributed by atoms with E-state index in [1.807, 2.05) is 0 Å². The van der Waals surface area contributed by atoms with Gasteiger partial charge in [0.25, 0.3) is 10.0 Å². The van der Waals surface area contributed by atoms with Crippen LogP contribution in [0.25, 0.3) is 0 Å². The summed E-state index contributed by atoms with van der Waals surface area (Å²) in [5, 5.41) is 1.52. The smallest absolute Gasteiger partial charge is 0.206 e. The van der Waals surface area contributed by atoms with E-state index < -0.39 is 22.7 Å². The van der Waals surface area contributed by atoms with Crippen molar-refractivity contribution in [2.75, 3.05) is 13.1 Å². The number of thiophene rings is 1. The topological polar surface area (TPSA) is 37.4 Å². The molecule has 0 radical (unpaired) electrons. The van der Waals surface area contributed by atoms with E-state index >= 15 is 0 Å². The molecular formula is C9H11ClF3NO2S2. The van der Waals surface area contributed by atoms with Crippen LogP contribution in [0.3, 0.4) is 0 Å². The van der Waals surface area contributed by atoms with Crippen LogP contribution in [0.4, 0.5) is 13.2 Å². The molecule has 0 aliphatic rings. The van der Waals surface area contributed by atoms with E-state index in [4.69, 9.17) is 11.6 Å². The van der Waals surface area contributed by atoms with Crippen LogP contribution in [0.5, 0.6) is 0 Å². The van der Waals surface area contributed by atoms with Crippen LogP contribution >= 0.6 is 22.9 Å². The van der Waals surface area contributed by atoms with Gasteiger partial charge in [-0.1, -0.05) is 6.92 Å². The maximum Gasteiger partial charge on any atom is 0.402 e. The first-order valence-corrected chi connectivity index (χ1v) is 7.76. The highest BCUT2D eigenvalue weighted by Crippen LogP contribution is 2.27. The molecule has 0 bridgehead atoms. The Balaban J connectivity index is 3.03. The summed E-state index contributed by atoms with van der Waals surface area (Å²) in [6.45, 7) is -0.366. The molecule has 18 heavy (non-hydrogen) atoms. The van der Waals surface area contributed by atoms with Crippen LogP contribution < -0.4 is 0 Å². The molecule has 0 spiro atoms. The molecule has 0 amide bonds. The first-order valence-electron chi connectivity index (χ1n) is 4.91. The predicted molar refractivity (Wildman–Crippen MR) is 64.4 cm³/mol. The van der Waals surface area contributed by atoms with Gasteiger partial charge in [0.2, 0.25) is 0 Å². The van der Waals surface area contributed by atoms with Gasteiger partial charge in [-0.05, 0) is 17.0 Å². The van der Waals surface area contributed by atoms with Gasteiger partial charge in [-0.25, -0.2) is 8.42 Å². The zero-order chi connectivity index (χ0) is 14.0. The molecule has 0 atom stereocenters. The van der Waals surface area contributed by atoms with Crippen molar-refractivity contribution in [3.8, 4) is 0 Å². The number of hydrogen-bond donors (Lipinski definition) is 0. The minimum Gasteiger partial charge on any atom is -0.206 e. The summed E-state index contributed by atoms with van der Waals surface area (Å²) >= 11 is 6.40. The third-order valence-corrected chi connectivity index (χ3v) is 5.78. The summed E-state index contributed by atoms with van der Waals surface area (Å²) in [7, 11) is -4.10. The van der Waals surface area contributed by atoms with Gasteiger partial charge in [0.1, 0.15) is 10.8 Å². The number of nitrogens with zero attached hydrogens (tertiary/aromatic N) is 1. The first kappa shape index (κ1) is 15.7. The average molecular weight is 322 g/mol. The molecule has 0 saturated heterocycles. The van der Waals surface area contributed by atoms with Gasteiger partial charge in [0.05, 0.1) is 0 Å². The molecule has 3 nitrogen and oxygen atoms in total. The van der Waals surface area contributed by atoms with E-state index in [-0.39, 0.29) is 16.6 Å². The van der Waals surface area contributed by atoms with Crippen LogP contribution in [0.15, 0.2) is 15.7 Å². The maximum atomic E-state index is 12.3. The zero-order valence-electron chi connectivity index (χ0n) is 9.37. The highest BCUT2D eigenvalue weighted by atomic mass is 35.5. The summed E-state index contributed by atoms with van der Waals surface area (Å²) in [6, 6.07) is 1.30. The van der Waals surface area contributed by atoms with Crippen molar-refractivity contribution in [2.24, 2.45) is 0 Å². The van der Waals surface area contributed by atoms with Crippen LogP contribution in [-0.4, -0.2) is 32.0 Å². The molecule has 0 aliphatic carbocycles. The Kier molecular flexibility index (Phi) is 5.05. The summed E-state index contributed by atoms with van der Waals surface area (Å²) in [4.78, 5) is 0.